The fraction of sp³-hybridized carbons (Fsp3) is 0.500. The minimum absolute atomic E-state index is 0.0495. The number of aliphatic carboxylic acids is 1. The number of carbonyl (C=O) groups is 2. The first kappa shape index (κ1) is 17.0. The van der Waals surface area contributed by atoms with E-state index in [1.54, 1.807) is 13.0 Å². The summed E-state index contributed by atoms with van der Waals surface area (Å²) in [6, 6.07) is 4.15. The molecule has 1 aromatic rings. The molecule has 1 aromatic carbocycles. The van der Waals surface area contributed by atoms with Gasteiger partial charge in [0.1, 0.15) is 0 Å². The number of nitro groups is 1. The van der Waals surface area contributed by atoms with Gasteiger partial charge in [0, 0.05) is 37.5 Å². The summed E-state index contributed by atoms with van der Waals surface area (Å²) in [5.74, 6) is -1.72. The second-order valence-corrected chi connectivity index (χ2v) is 6.12. The predicted molar refractivity (Wildman–Crippen MR) is 87.7 cm³/mol. The van der Waals surface area contributed by atoms with Crippen molar-refractivity contribution in [2.24, 2.45) is 5.92 Å². The van der Waals surface area contributed by atoms with E-state index in [2.05, 4.69) is 0 Å². The molecule has 9 nitrogen and oxygen atoms in total. The largest absolute Gasteiger partial charge is 0.481 e. The number of nitro benzene ring substituents is 1. The third-order valence-electron chi connectivity index (χ3n) is 4.75. The number of fused-ring (bicyclic) bond motifs is 3. The average molecular weight is 349 g/mol. The standard InChI is InChI=1S/C16H19N3O6/c1-2-25-16(22)17-5-6-18-13-4-3-11(19(23)24)7-10(13)8-12(15(20)21)14(18)9-17/h3-4,7,12,14H,2,5-6,8-9H2,1H3,(H,20,21)/t12-,14+/m1/s1. The van der Waals surface area contributed by atoms with Crippen molar-refractivity contribution in [1.82, 2.24) is 4.90 Å². The molecule has 0 aliphatic carbocycles. The van der Waals surface area contributed by atoms with Crippen LogP contribution in [0.3, 0.4) is 0 Å². The van der Waals surface area contributed by atoms with Gasteiger partial charge in [-0.2, -0.15) is 0 Å². The van der Waals surface area contributed by atoms with Gasteiger partial charge in [0.25, 0.3) is 5.69 Å². The Morgan fingerprint density at radius 2 is 2.16 bits per heavy atom. The SMILES string of the molecule is CCOC(=O)N1CCN2c3ccc([N+](=O)[O-])cc3C[C@@H](C(=O)O)[C@@H]2C1. The van der Waals surface area contributed by atoms with Crippen LogP contribution in [0.25, 0.3) is 0 Å². The number of hydrogen-bond acceptors (Lipinski definition) is 6. The van der Waals surface area contributed by atoms with Crippen molar-refractivity contribution in [3.63, 3.8) is 0 Å². The van der Waals surface area contributed by atoms with Gasteiger partial charge in [-0.25, -0.2) is 4.79 Å². The first-order valence-corrected chi connectivity index (χ1v) is 8.10. The van der Waals surface area contributed by atoms with E-state index < -0.39 is 22.9 Å². The van der Waals surface area contributed by atoms with Crippen LogP contribution in [0.2, 0.25) is 0 Å². The Hall–Kier alpha value is -2.84. The highest BCUT2D eigenvalue weighted by Gasteiger charge is 2.43. The molecular weight excluding hydrogens is 330 g/mol. The molecule has 1 saturated heterocycles. The molecule has 2 aliphatic rings. The number of piperazine rings is 1. The number of benzene rings is 1. The van der Waals surface area contributed by atoms with Gasteiger partial charge < -0.3 is 19.6 Å². The molecule has 1 N–H and O–H groups in total. The molecular formula is C16H19N3O6. The molecule has 2 atom stereocenters. The van der Waals surface area contributed by atoms with Crippen LogP contribution >= 0.6 is 0 Å². The number of hydrogen-bond donors (Lipinski definition) is 1. The molecule has 9 heteroatoms. The number of nitrogens with zero attached hydrogens (tertiary/aromatic N) is 3. The topological polar surface area (TPSA) is 113 Å². The number of non-ortho nitro benzene ring substituents is 1. The minimum atomic E-state index is -0.974. The maximum absolute atomic E-state index is 12.0. The van der Waals surface area contributed by atoms with Crippen LogP contribution in [0.1, 0.15) is 12.5 Å². The maximum Gasteiger partial charge on any atom is 0.409 e. The Labute approximate surface area is 143 Å². The molecule has 2 heterocycles. The normalized spacial score (nSPS) is 22.0. The van der Waals surface area contributed by atoms with Gasteiger partial charge in [0.2, 0.25) is 0 Å². The molecule has 0 spiro atoms. The molecule has 2 aliphatic heterocycles. The highest BCUT2D eigenvalue weighted by molar-refractivity contribution is 5.76. The highest BCUT2D eigenvalue weighted by atomic mass is 16.6. The van der Waals surface area contributed by atoms with E-state index in [-0.39, 0.29) is 31.3 Å². The lowest BCUT2D eigenvalue weighted by Gasteiger charge is -2.47. The van der Waals surface area contributed by atoms with Gasteiger partial charge in [0.15, 0.2) is 0 Å². The fourth-order valence-electron chi connectivity index (χ4n) is 3.59. The Kier molecular flexibility index (Phi) is 4.47. The molecule has 0 unspecified atom stereocenters. The van der Waals surface area contributed by atoms with Crippen LogP contribution < -0.4 is 4.90 Å². The van der Waals surface area contributed by atoms with Crippen LogP contribution in [0.15, 0.2) is 18.2 Å². The first-order chi connectivity index (χ1) is 11.9. The van der Waals surface area contributed by atoms with Gasteiger partial charge in [0.05, 0.1) is 23.5 Å². The summed E-state index contributed by atoms with van der Waals surface area (Å²) in [6.07, 6.45) is -0.245. The predicted octanol–water partition coefficient (Wildman–Crippen LogP) is 1.50. The van der Waals surface area contributed by atoms with E-state index in [0.29, 0.717) is 18.7 Å². The molecule has 1 amide bonds. The molecule has 0 radical (unpaired) electrons. The van der Waals surface area contributed by atoms with Gasteiger partial charge >= 0.3 is 12.1 Å². The van der Waals surface area contributed by atoms with E-state index >= 15 is 0 Å². The van der Waals surface area contributed by atoms with Crippen molar-refractivity contribution in [2.75, 3.05) is 31.1 Å². The molecule has 0 bridgehead atoms. The van der Waals surface area contributed by atoms with Gasteiger partial charge in [-0.1, -0.05) is 0 Å². The van der Waals surface area contributed by atoms with E-state index in [0.717, 1.165) is 5.69 Å². The van der Waals surface area contributed by atoms with E-state index in [9.17, 15) is 24.8 Å². The number of carboxylic acid groups (broad SMARTS) is 1. The second kappa shape index (κ2) is 6.58. The summed E-state index contributed by atoms with van der Waals surface area (Å²) in [7, 11) is 0. The van der Waals surface area contributed by atoms with Gasteiger partial charge in [-0.15, -0.1) is 0 Å². The highest BCUT2D eigenvalue weighted by Crippen LogP contribution is 2.37. The number of carboxylic acids is 1. The van der Waals surface area contributed by atoms with Crippen LogP contribution in [-0.4, -0.2) is 59.3 Å². The monoisotopic (exact) mass is 349 g/mol. The lowest BCUT2D eigenvalue weighted by molar-refractivity contribution is -0.384. The molecule has 134 valence electrons. The lowest BCUT2D eigenvalue weighted by atomic mass is 9.84. The smallest absolute Gasteiger partial charge is 0.409 e. The maximum atomic E-state index is 12.0. The van der Waals surface area contributed by atoms with Crippen LogP contribution in [0.5, 0.6) is 0 Å². The molecule has 0 saturated carbocycles. The summed E-state index contributed by atoms with van der Waals surface area (Å²) >= 11 is 0. The number of anilines is 1. The van der Waals surface area contributed by atoms with Crippen LogP contribution in [0.4, 0.5) is 16.2 Å². The zero-order chi connectivity index (χ0) is 18.1. The van der Waals surface area contributed by atoms with E-state index in [4.69, 9.17) is 4.74 Å². The summed E-state index contributed by atoms with van der Waals surface area (Å²) in [5, 5.41) is 20.6. The van der Waals surface area contributed by atoms with Crippen LogP contribution in [-0.2, 0) is 16.0 Å². The van der Waals surface area contributed by atoms with Crippen molar-refractivity contribution in [3.8, 4) is 0 Å². The first-order valence-electron chi connectivity index (χ1n) is 8.10. The minimum Gasteiger partial charge on any atom is -0.481 e. The van der Waals surface area contributed by atoms with Crippen molar-refractivity contribution in [3.05, 3.63) is 33.9 Å². The van der Waals surface area contributed by atoms with Gasteiger partial charge in [-0.05, 0) is 25.0 Å². The molecule has 1 fully saturated rings. The molecule has 3 rings (SSSR count). The lowest BCUT2D eigenvalue weighted by Crippen LogP contribution is -2.61. The van der Waals surface area contributed by atoms with E-state index in [1.807, 2.05) is 4.90 Å². The van der Waals surface area contributed by atoms with Gasteiger partial charge in [-0.3, -0.25) is 14.9 Å². The number of rotatable bonds is 3. The van der Waals surface area contributed by atoms with Crippen molar-refractivity contribution in [2.45, 2.75) is 19.4 Å². The Balaban J connectivity index is 1.92. The molecule has 25 heavy (non-hydrogen) atoms. The second-order valence-electron chi connectivity index (χ2n) is 6.12. The Morgan fingerprint density at radius 1 is 1.40 bits per heavy atom. The third kappa shape index (κ3) is 3.09. The Bertz CT molecular complexity index is 722. The van der Waals surface area contributed by atoms with Crippen molar-refractivity contribution < 1.29 is 24.4 Å². The number of ether oxygens (including phenoxy) is 1. The molecule has 0 aromatic heterocycles. The Morgan fingerprint density at radius 3 is 2.80 bits per heavy atom. The zero-order valence-electron chi connectivity index (χ0n) is 13.8. The van der Waals surface area contributed by atoms with E-state index in [1.165, 1.54) is 17.0 Å². The number of carbonyl (C=O) groups excluding carboxylic acids is 1. The van der Waals surface area contributed by atoms with Crippen LogP contribution in [0, 0.1) is 16.0 Å². The summed E-state index contributed by atoms with van der Waals surface area (Å²) < 4.78 is 5.01. The number of amides is 1. The van der Waals surface area contributed by atoms with Crippen molar-refractivity contribution in [1.29, 1.82) is 0 Å². The summed E-state index contributed by atoms with van der Waals surface area (Å²) in [4.78, 5) is 37.7. The third-order valence-corrected chi connectivity index (χ3v) is 4.75. The summed E-state index contributed by atoms with van der Waals surface area (Å²) in [6.45, 7) is 3.11. The fourth-order valence-corrected chi connectivity index (χ4v) is 3.59. The zero-order valence-corrected chi connectivity index (χ0v) is 13.8. The average Bonchev–Trinajstić information content (AvgIpc) is 2.59. The summed E-state index contributed by atoms with van der Waals surface area (Å²) in [5.41, 5.74) is 1.41. The quantitative estimate of drug-likeness (QED) is 0.650. The van der Waals surface area contributed by atoms with Crippen molar-refractivity contribution >= 4 is 23.4 Å².